The minimum atomic E-state index is -0.460. The lowest BCUT2D eigenvalue weighted by Gasteiger charge is -2.40. The molecule has 1 atom stereocenters. The third-order valence-electron chi connectivity index (χ3n) is 3.39. The molecule has 0 aliphatic carbocycles. The van der Waals surface area contributed by atoms with Crippen LogP contribution < -0.4 is 4.90 Å². The van der Waals surface area contributed by atoms with Crippen molar-refractivity contribution in [2.45, 2.75) is 46.3 Å². The van der Waals surface area contributed by atoms with Crippen LogP contribution in [0.4, 0.5) is 10.5 Å². The van der Waals surface area contributed by atoms with Crippen LogP contribution >= 0.6 is 0 Å². The molecule has 6 heteroatoms. The van der Waals surface area contributed by atoms with Gasteiger partial charge in [-0.15, -0.1) is 0 Å². The van der Waals surface area contributed by atoms with Crippen molar-refractivity contribution in [3.63, 3.8) is 0 Å². The maximum absolute atomic E-state index is 12.2. The standard InChI is InChI=1S/C15H24N4O2/c1-11-10-18(13-8-16-12(2)17-9-13)6-7-19(11)14(20)21-15(3,4)5/h8-9,11H,6-7,10H2,1-5H3/t11-/m1/s1. The summed E-state index contributed by atoms with van der Waals surface area (Å²) >= 11 is 0. The fourth-order valence-electron chi connectivity index (χ4n) is 2.33. The highest BCUT2D eigenvalue weighted by Crippen LogP contribution is 2.19. The summed E-state index contributed by atoms with van der Waals surface area (Å²) in [6.07, 6.45) is 3.42. The average Bonchev–Trinajstić information content (AvgIpc) is 2.37. The number of amides is 1. The molecule has 116 valence electrons. The van der Waals surface area contributed by atoms with Crippen LogP contribution in [0, 0.1) is 6.92 Å². The number of anilines is 1. The Hall–Kier alpha value is -1.85. The Kier molecular flexibility index (Phi) is 4.34. The van der Waals surface area contributed by atoms with Crippen molar-refractivity contribution in [1.29, 1.82) is 0 Å². The summed E-state index contributed by atoms with van der Waals surface area (Å²) in [6.45, 7) is 11.7. The number of aromatic nitrogens is 2. The first-order valence-electron chi connectivity index (χ1n) is 7.29. The molecule has 1 amide bonds. The van der Waals surface area contributed by atoms with Crippen LogP contribution in [0.25, 0.3) is 0 Å². The monoisotopic (exact) mass is 292 g/mol. The average molecular weight is 292 g/mol. The summed E-state index contributed by atoms with van der Waals surface area (Å²) in [6, 6.07) is 0.0925. The Bertz CT molecular complexity index is 495. The van der Waals surface area contributed by atoms with Gasteiger partial charge < -0.3 is 14.5 Å². The number of carbonyl (C=O) groups excluding carboxylic acids is 1. The molecule has 1 aromatic heterocycles. The lowest BCUT2D eigenvalue weighted by molar-refractivity contribution is 0.0159. The third kappa shape index (κ3) is 4.06. The molecular formula is C15H24N4O2. The van der Waals surface area contributed by atoms with E-state index in [-0.39, 0.29) is 12.1 Å². The summed E-state index contributed by atoms with van der Waals surface area (Å²) < 4.78 is 5.45. The van der Waals surface area contributed by atoms with Gasteiger partial charge in [0.25, 0.3) is 0 Å². The van der Waals surface area contributed by atoms with E-state index in [0.717, 1.165) is 24.6 Å². The van der Waals surface area contributed by atoms with Gasteiger partial charge in [-0.3, -0.25) is 0 Å². The first-order chi connectivity index (χ1) is 9.76. The Labute approximate surface area is 126 Å². The van der Waals surface area contributed by atoms with E-state index < -0.39 is 5.60 Å². The fourth-order valence-corrected chi connectivity index (χ4v) is 2.33. The van der Waals surface area contributed by atoms with Gasteiger partial charge in [0.1, 0.15) is 11.4 Å². The number of ether oxygens (including phenoxy) is 1. The van der Waals surface area contributed by atoms with Gasteiger partial charge in [0.2, 0.25) is 0 Å². The van der Waals surface area contributed by atoms with Crippen LogP contribution in [-0.4, -0.2) is 52.2 Å². The van der Waals surface area contributed by atoms with Gasteiger partial charge in [0, 0.05) is 25.7 Å². The van der Waals surface area contributed by atoms with Gasteiger partial charge in [0.15, 0.2) is 0 Å². The predicted octanol–water partition coefficient (Wildman–Crippen LogP) is 2.23. The van der Waals surface area contributed by atoms with Gasteiger partial charge in [-0.25, -0.2) is 14.8 Å². The molecule has 6 nitrogen and oxygen atoms in total. The molecule has 0 radical (unpaired) electrons. The molecule has 1 fully saturated rings. The first-order valence-corrected chi connectivity index (χ1v) is 7.29. The van der Waals surface area contributed by atoms with E-state index in [1.165, 1.54) is 0 Å². The first kappa shape index (κ1) is 15.5. The van der Waals surface area contributed by atoms with Crippen molar-refractivity contribution in [2.24, 2.45) is 0 Å². The van der Waals surface area contributed by atoms with Crippen LogP contribution in [0.2, 0.25) is 0 Å². The van der Waals surface area contributed by atoms with Gasteiger partial charge in [0.05, 0.1) is 18.1 Å². The molecule has 1 saturated heterocycles. The second-order valence-corrected chi connectivity index (χ2v) is 6.46. The minimum Gasteiger partial charge on any atom is -0.444 e. The zero-order valence-corrected chi connectivity index (χ0v) is 13.5. The number of aryl methyl sites for hydroxylation is 1. The zero-order valence-electron chi connectivity index (χ0n) is 13.5. The lowest BCUT2D eigenvalue weighted by Crippen LogP contribution is -2.55. The molecule has 2 rings (SSSR count). The molecule has 0 bridgehead atoms. The lowest BCUT2D eigenvalue weighted by atomic mass is 10.2. The summed E-state index contributed by atoms with van der Waals surface area (Å²) in [5, 5.41) is 0. The van der Waals surface area contributed by atoms with Crippen molar-refractivity contribution in [3.8, 4) is 0 Å². The molecule has 0 unspecified atom stereocenters. The van der Waals surface area contributed by atoms with Crippen molar-refractivity contribution < 1.29 is 9.53 Å². The molecule has 2 heterocycles. The fraction of sp³-hybridized carbons (Fsp3) is 0.667. The Morgan fingerprint density at radius 1 is 1.29 bits per heavy atom. The van der Waals surface area contributed by atoms with E-state index >= 15 is 0 Å². The number of rotatable bonds is 1. The van der Waals surface area contributed by atoms with E-state index in [9.17, 15) is 4.79 Å². The van der Waals surface area contributed by atoms with E-state index in [2.05, 4.69) is 14.9 Å². The van der Waals surface area contributed by atoms with Crippen LogP contribution in [0.3, 0.4) is 0 Å². The number of hydrogen-bond donors (Lipinski definition) is 0. The van der Waals surface area contributed by atoms with Crippen molar-refractivity contribution in [2.75, 3.05) is 24.5 Å². The molecule has 0 saturated carbocycles. The molecular weight excluding hydrogens is 268 g/mol. The maximum atomic E-state index is 12.2. The van der Waals surface area contributed by atoms with Crippen LogP contribution in [0.1, 0.15) is 33.5 Å². The number of piperazine rings is 1. The topological polar surface area (TPSA) is 58.6 Å². The molecule has 1 aliphatic rings. The largest absolute Gasteiger partial charge is 0.444 e. The van der Waals surface area contributed by atoms with E-state index in [1.807, 2.05) is 47.0 Å². The summed E-state index contributed by atoms with van der Waals surface area (Å²) in [5.74, 6) is 0.763. The highest BCUT2D eigenvalue weighted by Gasteiger charge is 2.30. The SMILES string of the molecule is Cc1ncc(N2CCN(C(=O)OC(C)(C)C)[C@H](C)C2)cn1. The second kappa shape index (κ2) is 5.87. The normalized spacial score (nSPS) is 19.6. The second-order valence-electron chi connectivity index (χ2n) is 6.46. The van der Waals surface area contributed by atoms with E-state index in [0.29, 0.717) is 6.54 Å². The van der Waals surface area contributed by atoms with Crippen molar-refractivity contribution in [1.82, 2.24) is 14.9 Å². The number of hydrogen-bond acceptors (Lipinski definition) is 5. The van der Waals surface area contributed by atoms with Gasteiger partial charge in [-0.1, -0.05) is 0 Å². The van der Waals surface area contributed by atoms with Crippen molar-refractivity contribution >= 4 is 11.8 Å². The smallest absolute Gasteiger partial charge is 0.410 e. The number of carbonyl (C=O) groups is 1. The number of nitrogens with zero attached hydrogens (tertiary/aromatic N) is 4. The molecule has 0 aromatic carbocycles. The maximum Gasteiger partial charge on any atom is 0.410 e. The minimum absolute atomic E-state index is 0.0925. The molecule has 21 heavy (non-hydrogen) atoms. The summed E-state index contributed by atoms with van der Waals surface area (Å²) in [5.41, 5.74) is 0.537. The molecule has 1 aliphatic heterocycles. The van der Waals surface area contributed by atoms with Crippen molar-refractivity contribution in [3.05, 3.63) is 18.2 Å². The molecule has 0 spiro atoms. The zero-order chi connectivity index (χ0) is 15.6. The summed E-state index contributed by atoms with van der Waals surface area (Å²) in [7, 11) is 0. The van der Waals surface area contributed by atoms with Gasteiger partial charge in [-0.2, -0.15) is 0 Å². The van der Waals surface area contributed by atoms with E-state index in [1.54, 1.807) is 4.90 Å². The highest BCUT2D eigenvalue weighted by atomic mass is 16.6. The van der Waals surface area contributed by atoms with Crippen LogP contribution in [0.5, 0.6) is 0 Å². The van der Waals surface area contributed by atoms with E-state index in [4.69, 9.17) is 4.74 Å². The third-order valence-corrected chi connectivity index (χ3v) is 3.39. The Morgan fingerprint density at radius 2 is 1.90 bits per heavy atom. The van der Waals surface area contributed by atoms with Gasteiger partial charge in [-0.05, 0) is 34.6 Å². The summed E-state index contributed by atoms with van der Waals surface area (Å²) in [4.78, 5) is 24.6. The Morgan fingerprint density at radius 3 is 2.43 bits per heavy atom. The van der Waals surface area contributed by atoms with Crippen LogP contribution in [0.15, 0.2) is 12.4 Å². The van der Waals surface area contributed by atoms with Gasteiger partial charge >= 0.3 is 6.09 Å². The highest BCUT2D eigenvalue weighted by molar-refractivity contribution is 5.69. The van der Waals surface area contributed by atoms with Crippen LogP contribution in [-0.2, 0) is 4.74 Å². The Balaban J connectivity index is 1.99. The molecule has 1 aromatic rings. The molecule has 0 N–H and O–H groups in total. The quantitative estimate of drug-likeness (QED) is 0.794. The predicted molar refractivity (Wildman–Crippen MR) is 81.4 cm³/mol.